The van der Waals surface area contributed by atoms with Gasteiger partial charge in [0.2, 0.25) is 0 Å². The Morgan fingerprint density at radius 3 is 3.00 bits per heavy atom. The summed E-state index contributed by atoms with van der Waals surface area (Å²) in [5, 5.41) is 13.9. The molecule has 2 heterocycles. The number of hydrogen-bond donors (Lipinski definition) is 2. The van der Waals surface area contributed by atoms with Crippen LogP contribution in [0.4, 0.5) is 5.82 Å². The Morgan fingerprint density at radius 2 is 2.35 bits per heavy atom. The summed E-state index contributed by atoms with van der Waals surface area (Å²) in [5.41, 5.74) is 0.351. The largest absolute Gasteiger partial charge is 0.381 e. The van der Waals surface area contributed by atoms with Gasteiger partial charge in [-0.05, 0) is 37.3 Å². The predicted octanol–water partition coefficient (Wildman–Crippen LogP) is 1.45. The minimum atomic E-state index is -0.176. The number of nitrogens with zero attached hydrogens (tertiary/aromatic N) is 2. The zero-order valence-electron chi connectivity index (χ0n) is 11.9. The van der Waals surface area contributed by atoms with E-state index in [1.807, 2.05) is 0 Å². The summed E-state index contributed by atoms with van der Waals surface area (Å²) >= 11 is 0. The van der Waals surface area contributed by atoms with Gasteiger partial charge in [0.1, 0.15) is 5.82 Å². The van der Waals surface area contributed by atoms with Crippen LogP contribution in [-0.2, 0) is 4.74 Å². The smallest absolute Gasteiger partial charge is 0.271 e. The van der Waals surface area contributed by atoms with Crippen LogP contribution in [0.3, 0.4) is 0 Å². The predicted molar refractivity (Wildman–Crippen MR) is 76.7 cm³/mol. The molecule has 0 spiro atoms. The van der Waals surface area contributed by atoms with Crippen LogP contribution in [0, 0.1) is 5.92 Å². The number of carbonyl (C=O) groups is 1. The van der Waals surface area contributed by atoms with Gasteiger partial charge in [0.15, 0.2) is 5.69 Å². The molecule has 1 aromatic heterocycles. The lowest BCUT2D eigenvalue weighted by molar-refractivity contribution is 0.0535. The van der Waals surface area contributed by atoms with Crippen molar-refractivity contribution in [3.05, 3.63) is 17.8 Å². The van der Waals surface area contributed by atoms with Gasteiger partial charge in [-0.1, -0.05) is 6.92 Å². The summed E-state index contributed by atoms with van der Waals surface area (Å²) in [6.45, 7) is 5.13. The number of ether oxygens (including phenoxy) is 1. The molecular weight excluding hydrogens is 256 g/mol. The second-order valence-electron chi connectivity index (χ2n) is 5.02. The second-order valence-corrected chi connectivity index (χ2v) is 5.02. The Morgan fingerprint density at radius 1 is 1.45 bits per heavy atom. The topological polar surface area (TPSA) is 76.1 Å². The van der Waals surface area contributed by atoms with Crippen LogP contribution in [0.1, 0.15) is 36.7 Å². The molecule has 0 radical (unpaired) electrons. The number of aromatic nitrogens is 2. The Balaban J connectivity index is 1.79. The molecule has 1 atom stereocenters. The molecule has 1 aromatic rings. The summed E-state index contributed by atoms with van der Waals surface area (Å²) in [6, 6.07) is 3.47. The van der Waals surface area contributed by atoms with Crippen molar-refractivity contribution in [3.63, 3.8) is 0 Å². The van der Waals surface area contributed by atoms with Crippen LogP contribution >= 0.6 is 0 Å². The fourth-order valence-corrected chi connectivity index (χ4v) is 2.10. The van der Waals surface area contributed by atoms with E-state index in [1.165, 1.54) is 0 Å². The molecular formula is C14H22N4O2. The van der Waals surface area contributed by atoms with E-state index in [0.717, 1.165) is 39.0 Å². The van der Waals surface area contributed by atoms with Crippen molar-refractivity contribution in [2.24, 2.45) is 5.92 Å². The first-order chi connectivity index (χ1) is 9.79. The van der Waals surface area contributed by atoms with Crippen LogP contribution < -0.4 is 10.6 Å². The van der Waals surface area contributed by atoms with Crippen LogP contribution in [0.25, 0.3) is 0 Å². The quantitative estimate of drug-likeness (QED) is 0.823. The lowest BCUT2D eigenvalue weighted by atomic mass is 10.0. The molecule has 2 rings (SSSR count). The number of amides is 1. The van der Waals surface area contributed by atoms with Crippen LogP contribution in [-0.4, -0.2) is 42.4 Å². The maximum Gasteiger partial charge on any atom is 0.271 e. The minimum absolute atomic E-state index is 0.176. The molecule has 0 aromatic carbocycles. The van der Waals surface area contributed by atoms with Gasteiger partial charge in [0, 0.05) is 19.7 Å². The first kappa shape index (κ1) is 14.7. The maximum atomic E-state index is 11.9. The number of anilines is 1. The van der Waals surface area contributed by atoms with Crippen molar-refractivity contribution in [2.75, 3.05) is 31.6 Å². The summed E-state index contributed by atoms with van der Waals surface area (Å²) in [7, 11) is 0. The number of hydrogen-bond acceptors (Lipinski definition) is 5. The van der Waals surface area contributed by atoms with Gasteiger partial charge < -0.3 is 15.4 Å². The van der Waals surface area contributed by atoms with Crippen molar-refractivity contribution >= 4 is 11.7 Å². The third-order valence-electron chi connectivity index (χ3n) is 3.26. The molecule has 1 aliphatic heterocycles. The maximum absolute atomic E-state index is 11.9. The van der Waals surface area contributed by atoms with Gasteiger partial charge >= 0.3 is 0 Å². The van der Waals surface area contributed by atoms with Crippen molar-refractivity contribution in [2.45, 2.75) is 26.2 Å². The number of carbonyl (C=O) groups excluding carboxylic acids is 1. The zero-order valence-corrected chi connectivity index (χ0v) is 11.9. The Labute approximate surface area is 119 Å². The molecule has 6 nitrogen and oxygen atoms in total. The van der Waals surface area contributed by atoms with E-state index in [2.05, 4.69) is 27.8 Å². The van der Waals surface area contributed by atoms with E-state index < -0.39 is 0 Å². The van der Waals surface area contributed by atoms with Crippen molar-refractivity contribution < 1.29 is 9.53 Å². The van der Waals surface area contributed by atoms with Gasteiger partial charge in [-0.3, -0.25) is 4.79 Å². The van der Waals surface area contributed by atoms with Crippen LogP contribution in [0.5, 0.6) is 0 Å². The standard InChI is InChI=1S/C14H22N4O2/c1-2-7-15-13-6-5-12(17-18-13)14(19)16-9-11-4-3-8-20-10-11/h5-6,11H,2-4,7-10H2,1H3,(H,15,18)(H,16,19). The molecule has 0 aliphatic carbocycles. The molecule has 0 bridgehead atoms. The fraction of sp³-hybridized carbons (Fsp3) is 0.643. The molecule has 6 heteroatoms. The van der Waals surface area contributed by atoms with Gasteiger partial charge in [0.05, 0.1) is 6.61 Å². The molecule has 1 amide bonds. The summed E-state index contributed by atoms with van der Waals surface area (Å²) in [6.07, 6.45) is 3.19. The average molecular weight is 278 g/mol. The monoisotopic (exact) mass is 278 g/mol. The highest BCUT2D eigenvalue weighted by atomic mass is 16.5. The third-order valence-corrected chi connectivity index (χ3v) is 3.26. The summed E-state index contributed by atoms with van der Waals surface area (Å²) in [4.78, 5) is 11.9. The average Bonchev–Trinajstić information content (AvgIpc) is 2.52. The van der Waals surface area contributed by atoms with Crippen LogP contribution in [0.15, 0.2) is 12.1 Å². The van der Waals surface area contributed by atoms with Crippen LogP contribution in [0.2, 0.25) is 0 Å². The second kappa shape index (κ2) is 7.79. The van der Waals surface area contributed by atoms with E-state index in [9.17, 15) is 4.79 Å². The number of rotatable bonds is 6. The van der Waals surface area contributed by atoms with Crippen molar-refractivity contribution in [1.82, 2.24) is 15.5 Å². The third kappa shape index (κ3) is 4.45. The van der Waals surface area contributed by atoms with E-state index >= 15 is 0 Å². The summed E-state index contributed by atoms with van der Waals surface area (Å²) in [5.74, 6) is 0.931. The van der Waals surface area contributed by atoms with E-state index in [4.69, 9.17) is 4.74 Å². The van der Waals surface area contributed by atoms with E-state index in [0.29, 0.717) is 24.0 Å². The van der Waals surface area contributed by atoms with Gasteiger partial charge in [-0.15, -0.1) is 10.2 Å². The van der Waals surface area contributed by atoms with E-state index in [-0.39, 0.29) is 5.91 Å². The molecule has 20 heavy (non-hydrogen) atoms. The molecule has 1 aliphatic rings. The molecule has 2 N–H and O–H groups in total. The Hall–Kier alpha value is -1.69. The highest BCUT2D eigenvalue weighted by molar-refractivity contribution is 5.92. The van der Waals surface area contributed by atoms with Crippen molar-refractivity contribution in [1.29, 1.82) is 0 Å². The SMILES string of the molecule is CCCNc1ccc(C(=O)NCC2CCCOC2)nn1. The molecule has 110 valence electrons. The highest BCUT2D eigenvalue weighted by Gasteiger charge is 2.16. The molecule has 0 saturated carbocycles. The molecule has 1 unspecified atom stereocenters. The first-order valence-electron chi connectivity index (χ1n) is 7.23. The minimum Gasteiger partial charge on any atom is -0.381 e. The fourth-order valence-electron chi connectivity index (χ4n) is 2.10. The van der Waals surface area contributed by atoms with Gasteiger partial charge in [-0.2, -0.15) is 0 Å². The van der Waals surface area contributed by atoms with Gasteiger partial charge in [0.25, 0.3) is 5.91 Å². The van der Waals surface area contributed by atoms with Crippen molar-refractivity contribution in [3.8, 4) is 0 Å². The summed E-state index contributed by atoms with van der Waals surface area (Å²) < 4.78 is 5.39. The molecule has 1 fully saturated rings. The highest BCUT2D eigenvalue weighted by Crippen LogP contribution is 2.12. The lowest BCUT2D eigenvalue weighted by Gasteiger charge is -2.22. The first-order valence-corrected chi connectivity index (χ1v) is 7.23. The number of nitrogens with one attached hydrogen (secondary N) is 2. The zero-order chi connectivity index (χ0) is 14.2. The lowest BCUT2D eigenvalue weighted by Crippen LogP contribution is -2.33. The molecule has 1 saturated heterocycles. The van der Waals surface area contributed by atoms with Gasteiger partial charge in [-0.25, -0.2) is 0 Å². The van der Waals surface area contributed by atoms with E-state index in [1.54, 1.807) is 12.1 Å². The Bertz CT molecular complexity index is 416. The normalized spacial score (nSPS) is 18.6. The Kier molecular flexibility index (Phi) is 5.73.